The Balaban J connectivity index is 1.99. The van der Waals surface area contributed by atoms with E-state index in [0.717, 1.165) is 12.1 Å². The van der Waals surface area contributed by atoms with Crippen LogP contribution in [0.2, 0.25) is 0 Å². The smallest absolute Gasteiger partial charge is 0.246 e. The Hall–Kier alpha value is -1.93. The second-order valence-electron chi connectivity index (χ2n) is 4.57. The summed E-state index contributed by atoms with van der Waals surface area (Å²) in [5.74, 6) is -0.155. The number of benzene rings is 1. The second-order valence-corrected chi connectivity index (χ2v) is 6.47. The standard InChI is InChI=1S/C12H13FN4O2S/c13-10-2-1-9(14)7-11(10)20(18,19)17-6-5-16-4-3-15-12(16)8-17/h1-4,7H,5-6,8,14H2. The lowest BCUT2D eigenvalue weighted by Crippen LogP contribution is -2.38. The number of anilines is 1. The summed E-state index contributed by atoms with van der Waals surface area (Å²) >= 11 is 0. The van der Waals surface area contributed by atoms with Crippen molar-refractivity contribution in [2.75, 3.05) is 12.3 Å². The van der Waals surface area contributed by atoms with Crippen molar-refractivity contribution in [1.82, 2.24) is 13.9 Å². The van der Waals surface area contributed by atoms with Gasteiger partial charge < -0.3 is 10.3 Å². The summed E-state index contributed by atoms with van der Waals surface area (Å²) in [6.07, 6.45) is 3.41. The van der Waals surface area contributed by atoms with E-state index < -0.39 is 20.7 Å². The first-order valence-corrected chi connectivity index (χ1v) is 7.47. The van der Waals surface area contributed by atoms with Crippen molar-refractivity contribution >= 4 is 15.7 Å². The van der Waals surface area contributed by atoms with Crippen molar-refractivity contribution in [2.45, 2.75) is 18.0 Å². The molecule has 2 N–H and O–H groups in total. The van der Waals surface area contributed by atoms with Gasteiger partial charge in [0.05, 0.1) is 6.54 Å². The third kappa shape index (κ3) is 2.06. The van der Waals surface area contributed by atoms with Crippen LogP contribution in [0.25, 0.3) is 0 Å². The molecule has 106 valence electrons. The summed E-state index contributed by atoms with van der Waals surface area (Å²) < 4.78 is 41.8. The zero-order chi connectivity index (χ0) is 14.3. The molecule has 0 spiro atoms. The van der Waals surface area contributed by atoms with E-state index in [9.17, 15) is 12.8 Å². The van der Waals surface area contributed by atoms with Crippen molar-refractivity contribution in [3.63, 3.8) is 0 Å². The van der Waals surface area contributed by atoms with Crippen LogP contribution in [0.3, 0.4) is 0 Å². The van der Waals surface area contributed by atoms with Gasteiger partial charge >= 0.3 is 0 Å². The van der Waals surface area contributed by atoms with Crippen molar-refractivity contribution in [3.05, 3.63) is 42.2 Å². The van der Waals surface area contributed by atoms with E-state index in [-0.39, 0.29) is 18.8 Å². The van der Waals surface area contributed by atoms with Gasteiger partial charge in [0.25, 0.3) is 0 Å². The molecule has 0 radical (unpaired) electrons. The Morgan fingerprint density at radius 2 is 2.10 bits per heavy atom. The lowest BCUT2D eigenvalue weighted by molar-refractivity contribution is 0.334. The van der Waals surface area contributed by atoms with E-state index in [2.05, 4.69) is 4.98 Å². The van der Waals surface area contributed by atoms with E-state index in [1.165, 1.54) is 10.4 Å². The van der Waals surface area contributed by atoms with Crippen molar-refractivity contribution in [2.24, 2.45) is 0 Å². The molecule has 20 heavy (non-hydrogen) atoms. The lowest BCUT2D eigenvalue weighted by atomic mass is 10.3. The van der Waals surface area contributed by atoms with Crippen LogP contribution in [0.1, 0.15) is 5.82 Å². The Bertz CT molecular complexity index is 757. The molecule has 3 rings (SSSR count). The van der Waals surface area contributed by atoms with Crippen molar-refractivity contribution in [1.29, 1.82) is 0 Å². The number of halogens is 1. The fourth-order valence-corrected chi connectivity index (χ4v) is 3.70. The summed E-state index contributed by atoms with van der Waals surface area (Å²) in [7, 11) is -3.91. The fourth-order valence-electron chi connectivity index (χ4n) is 2.21. The molecule has 0 unspecified atom stereocenters. The predicted octanol–water partition coefficient (Wildman–Crippen LogP) is 0.809. The summed E-state index contributed by atoms with van der Waals surface area (Å²) in [4.78, 5) is 3.70. The maximum absolute atomic E-state index is 13.8. The second kappa shape index (κ2) is 4.57. The number of rotatable bonds is 2. The number of nitrogen functional groups attached to an aromatic ring is 1. The van der Waals surface area contributed by atoms with E-state index >= 15 is 0 Å². The quantitative estimate of drug-likeness (QED) is 0.832. The number of hydrogen-bond donors (Lipinski definition) is 1. The van der Waals surface area contributed by atoms with Gasteiger partial charge in [-0.2, -0.15) is 4.31 Å². The first-order chi connectivity index (χ1) is 9.48. The molecule has 0 fully saturated rings. The van der Waals surface area contributed by atoms with Gasteiger partial charge in [-0.3, -0.25) is 0 Å². The highest BCUT2D eigenvalue weighted by Gasteiger charge is 2.31. The van der Waals surface area contributed by atoms with Crippen LogP contribution < -0.4 is 5.73 Å². The van der Waals surface area contributed by atoms with Gasteiger partial charge in [0.2, 0.25) is 10.0 Å². The summed E-state index contributed by atoms with van der Waals surface area (Å²) in [6, 6.07) is 3.54. The number of imidazole rings is 1. The summed E-state index contributed by atoms with van der Waals surface area (Å²) in [6.45, 7) is 0.905. The molecule has 0 amide bonds. The predicted molar refractivity (Wildman–Crippen MR) is 70.6 cm³/mol. The maximum Gasteiger partial charge on any atom is 0.246 e. The highest BCUT2D eigenvalue weighted by atomic mass is 32.2. The van der Waals surface area contributed by atoms with Gasteiger partial charge in [-0.1, -0.05) is 0 Å². The van der Waals surface area contributed by atoms with Gasteiger partial charge in [-0.05, 0) is 18.2 Å². The molecule has 1 aliphatic rings. The monoisotopic (exact) mass is 296 g/mol. The molecule has 0 atom stereocenters. The molecule has 1 aromatic heterocycles. The van der Waals surface area contributed by atoms with Crippen LogP contribution in [-0.4, -0.2) is 28.8 Å². The van der Waals surface area contributed by atoms with Crippen molar-refractivity contribution in [3.8, 4) is 0 Å². The maximum atomic E-state index is 13.8. The van der Waals surface area contributed by atoms with Gasteiger partial charge in [-0.25, -0.2) is 17.8 Å². The molecule has 2 heterocycles. The molecule has 0 saturated carbocycles. The molecule has 1 aromatic carbocycles. The van der Waals surface area contributed by atoms with Gasteiger partial charge in [0, 0.05) is 31.2 Å². The molecular formula is C12H13FN4O2S. The van der Waals surface area contributed by atoms with Gasteiger partial charge in [0.15, 0.2) is 0 Å². The minimum Gasteiger partial charge on any atom is -0.399 e. The minimum atomic E-state index is -3.91. The Morgan fingerprint density at radius 3 is 2.90 bits per heavy atom. The largest absolute Gasteiger partial charge is 0.399 e. The van der Waals surface area contributed by atoms with E-state index in [1.807, 2.05) is 4.57 Å². The number of nitrogens with zero attached hydrogens (tertiary/aromatic N) is 3. The molecule has 2 aromatic rings. The Labute approximate surface area is 115 Å². The minimum absolute atomic E-state index is 0.129. The zero-order valence-corrected chi connectivity index (χ0v) is 11.3. The van der Waals surface area contributed by atoms with Gasteiger partial charge in [0.1, 0.15) is 16.5 Å². The lowest BCUT2D eigenvalue weighted by Gasteiger charge is -2.27. The van der Waals surface area contributed by atoms with E-state index in [1.54, 1.807) is 12.4 Å². The van der Waals surface area contributed by atoms with E-state index in [0.29, 0.717) is 12.4 Å². The van der Waals surface area contributed by atoms with E-state index in [4.69, 9.17) is 5.73 Å². The van der Waals surface area contributed by atoms with Crippen LogP contribution in [0.4, 0.5) is 10.1 Å². The van der Waals surface area contributed by atoms with Crippen molar-refractivity contribution < 1.29 is 12.8 Å². The third-order valence-corrected chi connectivity index (χ3v) is 5.14. The van der Waals surface area contributed by atoms with Gasteiger partial charge in [-0.15, -0.1) is 0 Å². The molecular weight excluding hydrogens is 283 g/mol. The molecule has 1 aliphatic heterocycles. The average Bonchev–Trinajstić information content (AvgIpc) is 2.88. The molecule has 8 heteroatoms. The summed E-state index contributed by atoms with van der Waals surface area (Å²) in [5.41, 5.74) is 5.76. The fraction of sp³-hybridized carbons (Fsp3) is 0.250. The topological polar surface area (TPSA) is 81.2 Å². The number of nitrogens with two attached hydrogens (primary N) is 1. The normalized spacial score (nSPS) is 16.1. The molecule has 0 saturated heterocycles. The Kier molecular flexibility index (Phi) is 2.98. The van der Waals surface area contributed by atoms with Crippen LogP contribution in [0.5, 0.6) is 0 Å². The highest BCUT2D eigenvalue weighted by molar-refractivity contribution is 7.89. The molecule has 0 bridgehead atoms. The van der Waals surface area contributed by atoms with Crippen LogP contribution >= 0.6 is 0 Å². The summed E-state index contributed by atoms with van der Waals surface area (Å²) in [5, 5.41) is 0. The van der Waals surface area contributed by atoms with Crippen LogP contribution in [-0.2, 0) is 23.1 Å². The number of sulfonamides is 1. The average molecular weight is 296 g/mol. The first kappa shape index (κ1) is 13.1. The van der Waals surface area contributed by atoms with Crippen LogP contribution in [0.15, 0.2) is 35.5 Å². The number of aromatic nitrogens is 2. The number of fused-ring (bicyclic) bond motifs is 1. The molecule has 6 nitrogen and oxygen atoms in total. The Morgan fingerprint density at radius 1 is 1.30 bits per heavy atom. The number of hydrogen-bond acceptors (Lipinski definition) is 4. The highest BCUT2D eigenvalue weighted by Crippen LogP contribution is 2.24. The molecule has 0 aliphatic carbocycles. The zero-order valence-electron chi connectivity index (χ0n) is 10.5. The SMILES string of the molecule is Nc1ccc(F)c(S(=O)(=O)N2CCn3ccnc3C2)c1. The van der Waals surface area contributed by atoms with Crippen LogP contribution in [0, 0.1) is 5.82 Å². The third-order valence-electron chi connectivity index (χ3n) is 3.28. The first-order valence-electron chi connectivity index (χ1n) is 6.03.